The minimum absolute atomic E-state index is 0.311. The molecule has 1 aromatic heterocycles. The lowest BCUT2D eigenvalue weighted by Crippen LogP contribution is -2.38. The van der Waals surface area contributed by atoms with Crippen molar-refractivity contribution in [2.24, 2.45) is 0 Å². The molecule has 0 aliphatic carbocycles. The van der Waals surface area contributed by atoms with Crippen LogP contribution >= 0.6 is 0 Å². The zero-order valence-corrected chi connectivity index (χ0v) is 16.0. The van der Waals surface area contributed by atoms with Gasteiger partial charge in [-0.15, -0.1) is 0 Å². The predicted molar refractivity (Wildman–Crippen MR) is 108 cm³/mol. The number of oxazole rings is 1. The summed E-state index contributed by atoms with van der Waals surface area (Å²) in [5.74, 6) is 0.0155. The summed E-state index contributed by atoms with van der Waals surface area (Å²) < 4.78 is 24.8. The Labute approximate surface area is 163 Å². The van der Waals surface area contributed by atoms with Gasteiger partial charge in [-0.3, -0.25) is 4.90 Å². The van der Waals surface area contributed by atoms with E-state index in [-0.39, 0.29) is 5.82 Å². The first-order valence-corrected chi connectivity index (χ1v) is 9.67. The SMILES string of the molecule is CCOc1cc(CN2CCC(Nc3nc4cc(N)ccc4o3)CC2)ccc1F. The second kappa shape index (κ2) is 8.06. The molecule has 4 rings (SSSR count). The van der Waals surface area contributed by atoms with Gasteiger partial charge in [-0.2, -0.15) is 4.98 Å². The number of piperidine rings is 1. The number of nitrogens with zero attached hydrogens (tertiary/aromatic N) is 2. The van der Waals surface area contributed by atoms with E-state index in [1.54, 1.807) is 6.07 Å². The molecule has 0 atom stereocenters. The Kier molecular flexibility index (Phi) is 5.34. The molecule has 0 spiro atoms. The third-order valence-electron chi connectivity index (χ3n) is 5.03. The van der Waals surface area contributed by atoms with Gasteiger partial charge in [-0.05, 0) is 55.7 Å². The van der Waals surface area contributed by atoms with E-state index in [4.69, 9.17) is 14.9 Å². The third-order valence-corrected chi connectivity index (χ3v) is 5.03. The number of likely N-dealkylation sites (tertiary alicyclic amines) is 1. The molecule has 28 heavy (non-hydrogen) atoms. The number of nitrogen functional groups attached to an aromatic ring is 1. The van der Waals surface area contributed by atoms with Gasteiger partial charge in [0.2, 0.25) is 0 Å². The van der Waals surface area contributed by atoms with Gasteiger partial charge in [-0.1, -0.05) is 6.07 Å². The normalized spacial score (nSPS) is 15.8. The average molecular weight is 384 g/mol. The summed E-state index contributed by atoms with van der Waals surface area (Å²) in [7, 11) is 0. The lowest BCUT2D eigenvalue weighted by atomic mass is 10.0. The molecule has 0 unspecified atom stereocenters. The van der Waals surface area contributed by atoms with E-state index >= 15 is 0 Å². The standard InChI is InChI=1S/C21H25FN4O2/c1-2-27-20-11-14(3-5-17(20)22)13-26-9-7-16(8-10-26)24-21-25-18-12-15(23)4-6-19(18)28-21/h3-6,11-12,16H,2,7-10,13,23H2,1H3,(H,24,25). The van der Waals surface area contributed by atoms with Gasteiger partial charge in [0.25, 0.3) is 6.01 Å². The minimum Gasteiger partial charge on any atom is -0.491 e. The first-order valence-electron chi connectivity index (χ1n) is 9.67. The minimum atomic E-state index is -0.311. The summed E-state index contributed by atoms with van der Waals surface area (Å²) in [5.41, 5.74) is 9.03. The van der Waals surface area contributed by atoms with Gasteiger partial charge in [0, 0.05) is 31.4 Å². The van der Waals surface area contributed by atoms with E-state index in [9.17, 15) is 4.39 Å². The molecular weight excluding hydrogens is 359 g/mol. The Bertz CT molecular complexity index is 951. The number of benzene rings is 2. The van der Waals surface area contributed by atoms with E-state index in [1.165, 1.54) is 6.07 Å². The van der Waals surface area contributed by atoms with Gasteiger partial charge in [-0.25, -0.2) is 4.39 Å². The van der Waals surface area contributed by atoms with Gasteiger partial charge in [0.05, 0.1) is 6.61 Å². The van der Waals surface area contributed by atoms with Crippen LogP contribution in [0.5, 0.6) is 5.75 Å². The number of nitrogens with one attached hydrogen (secondary N) is 1. The molecule has 3 N–H and O–H groups in total. The fraction of sp³-hybridized carbons (Fsp3) is 0.381. The summed E-state index contributed by atoms with van der Waals surface area (Å²) >= 11 is 0. The molecule has 2 aromatic carbocycles. The number of hydrogen-bond donors (Lipinski definition) is 2. The Morgan fingerprint density at radius 1 is 1.25 bits per heavy atom. The molecule has 2 heterocycles. The average Bonchev–Trinajstić information content (AvgIpc) is 3.07. The summed E-state index contributed by atoms with van der Waals surface area (Å²) in [6, 6.07) is 11.4. The second-order valence-corrected chi connectivity index (χ2v) is 7.14. The second-order valence-electron chi connectivity index (χ2n) is 7.14. The number of nitrogens with two attached hydrogens (primary N) is 1. The van der Waals surface area contributed by atoms with Crippen molar-refractivity contribution in [2.75, 3.05) is 30.7 Å². The first kappa shape index (κ1) is 18.6. The van der Waals surface area contributed by atoms with Crippen molar-refractivity contribution in [2.45, 2.75) is 32.4 Å². The van der Waals surface area contributed by atoms with Crippen molar-refractivity contribution in [1.82, 2.24) is 9.88 Å². The molecule has 0 radical (unpaired) electrons. The number of hydrogen-bond acceptors (Lipinski definition) is 6. The highest BCUT2D eigenvalue weighted by atomic mass is 19.1. The highest BCUT2D eigenvalue weighted by Crippen LogP contribution is 2.24. The fourth-order valence-corrected chi connectivity index (χ4v) is 3.59. The van der Waals surface area contributed by atoms with Crippen LogP contribution in [0, 0.1) is 5.82 Å². The predicted octanol–water partition coefficient (Wildman–Crippen LogP) is 4.02. The van der Waals surface area contributed by atoms with E-state index in [0.717, 1.165) is 49.1 Å². The molecule has 0 amide bonds. The molecule has 1 saturated heterocycles. The lowest BCUT2D eigenvalue weighted by Gasteiger charge is -2.32. The highest BCUT2D eigenvalue weighted by molar-refractivity contribution is 5.78. The molecule has 148 valence electrons. The van der Waals surface area contributed by atoms with Gasteiger partial charge < -0.3 is 20.2 Å². The molecule has 7 heteroatoms. The Balaban J connectivity index is 1.32. The molecule has 1 aliphatic heterocycles. The van der Waals surface area contributed by atoms with E-state index in [0.29, 0.717) is 30.1 Å². The van der Waals surface area contributed by atoms with E-state index in [1.807, 2.05) is 31.2 Å². The van der Waals surface area contributed by atoms with E-state index in [2.05, 4.69) is 15.2 Å². The molecule has 3 aromatic rings. The Hall–Kier alpha value is -2.80. The summed E-state index contributed by atoms with van der Waals surface area (Å²) in [6.07, 6.45) is 1.97. The third kappa shape index (κ3) is 4.20. The summed E-state index contributed by atoms with van der Waals surface area (Å²) in [5, 5.41) is 3.39. The molecule has 1 fully saturated rings. The lowest BCUT2D eigenvalue weighted by molar-refractivity contribution is 0.210. The van der Waals surface area contributed by atoms with Crippen molar-refractivity contribution in [3.05, 3.63) is 47.8 Å². The topological polar surface area (TPSA) is 76.5 Å². The summed E-state index contributed by atoms with van der Waals surface area (Å²) in [6.45, 7) is 5.00. The molecule has 6 nitrogen and oxygen atoms in total. The Morgan fingerprint density at radius 3 is 2.86 bits per heavy atom. The smallest absolute Gasteiger partial charge is 0.295 e. The van der Waals surface area contributed by atoms with Crippen LogP contribution in [0.3, 0.4) is 0 Å². The van der Waals surface area contributed by atoms with Crippen LogP contribution in [-0.4, -0.2) is 35.6 Å². The summed E-state index contributed by atoms with van der Waals surface area (Å²) in [4.78, 5) is 6.84. The van der Waals surface area contributed by atoms with Gasteiger partial charge in [0.1, 0.15) is 5.52 Å². The number of ether oxygens (including phenoxy) is 1. The number of halogens is 1. The van der Waals surface area contributed by atoms with Crippen LogP contribution in [0.4, 0.5) is 16.1 Å². The fourth-order valence-electron chi connectivity index (χ4n) is 3.59. The molecule has 0 saturated carbocycles. The molecular formula is C21H25FN4O2. The van der Waals surface area contributed by atoms with Crippen molar-refractivity contribution in [3.63, 3.8) is 0 Å². The zero-order chi connectivity index (χ0) is 19.5. The Morgan fingerprint density at radius 2 is 2.07 bits per heavy atom. The van der Waals surface area contributed by atoms with Crippen LogP contribution in [0.25, 0.3) is 11.1 Å². The maximum absolute atomic E-state index is 13.7. The van der Waals surface area contributed by atoms with Crippen molar-refractivity contribution >= 4 is 22.8 Å². The van der Waals surface area contributed by atoms with Crippen LogP contribution in [-0.2, 0) is 6.54 Å². The zero-order valence-electron chi connectivity index (χ0n) is 16.0. The molecule has 1 aliphatic rings. The van der Waals surface area contributed by atoms with Gasteiger partial charge >= 0.3 is 0 Å². The maximum Gasteiger partial charge on any atom is 0.295 e. The van der Waals surface area contributed by atoms with Crippen LogP contribution in [0.15, 0.2) is 40.8 Å². The van der Waals surface area contributed by atoms with Crippen LogP contribution in [0.2, 0.25) is 0 Å². The monoisotopic (exact) mass is 384 g/mol. The number of rotatable bonds is 6. The maximum atomic E-state index is 13.7. The van der Waals surface area contributed by atoms with Gasteiger partial charge in [0.15, 0.2) is 17.1 Å². The number of fused-ring (bicyclic) bond motifs is 1. The highest BCUT2D eigenvalue weighted by Gasteiger charge is 2.21. The quantitative estimate of drug-likeness (QED) is 0.625. The number of anilines is 2. The van der Waals surface area contributed by atoms with E-state index < -0.39 is 0 Å². The van der Waals surface area contributed by atoms with Crippen LogP contribution in [0.1, 0.15) is 25.3 Å². The van der Waals surface area contributed by atoms with Crippen molar-refractivity contribution in [1.29, 1.82) is 0 Å². The largest absolute Gasteiger partial charge is 0.491 e. The first-order chi connectivity index (χ1) is 13.6. The molecule has 0 bridgehead atoms. The van der Waals surface area contributed by atoms with Crippen molar-refractivity contribution in [3.8, 4) is 5.75 Å². The number of aromatic nitrogens is 1. The van der Waals surface area contributed by atoms with Crippen molar-refractivity contribution < 1.29 is 13.5 Å². The van der Waals surface area contributed by atoms with Crippen LogP contribution < -0.4 is 15.8 Å².